The predicted molar refractivity (Wildman–Crippen MR) is 135 cm³/mol. The minimum Gasteiger partial charge on any atom is -0.355 e. The highest BCUT2D eigenvalue weighted by atomic mass is 32.1. The standard InChI is InChI=1S/C27H30N4S/c1-27(2,3)21-10-8-19(9-11-21)23-18-22-24(32-23)26(31-16-6-4-5-7-17-31)30-25(29-22)20-12-14-28-15-13-20/h8-15,18H,4-7,16-17H2,1-3H3. The Kier molecular flexibility index (Phi) is 5.68. The number of hydrogen-bond donors (Lipinski definition) is 0. The maximum Gasteiger partial charge on any atom is 0.162 e. The number of benzene rings is 1. The lowest BCUT2D eigenvalue weighted by Crippen LogP contribution is -2.25. The molecule has 0 bridgehead atoms. The van der Waals surface area contributed by atoms with E-state index in [1.807, 2.05) is 35.9 Å². The van der Waals surface area contributed by atoms with Gasteiger partial charge in [0, 0.05) is 35.9 Å². The van der Waals surface area contributed by atoms with Gasteiger partial charge in [-0.15, -0.1) is 11.3 Å². The van der Waals surface area contributed by atoms with Gasteiger partial charge in [0.15, 0.2) is 11.6 Å². The van der Waals surface area contributed by atoms with Crippen LogP contribution in [0, 0.1) is 0 Å². The van der Waals surface area contributed by atoms with Gasteiger partial charge in [0.05, 0.1) is 10.2 Å². The molecule has 0 amide bonds. The van der Waals surface area contributed by atoms with Gasteiger partial charge >= 0.3 is 0 Å². The van der Waals surface area contributed by atoms with E-state index in [0.717, 1.165) is 35.8 Å². The fourth-order valence-electron chi connectivity index (χ4n) is 4.32. The summed E-state index contributed by atoms with van der Waals surface area (Å²) in [7, 11) is 0. The molecule has 1 aromatic carbocycles. The molecule has 5 rings (SSSR count). The van der Waals surface area contributed by atoms with Gasteiger partial charge in [-0.25, -0.2) is 9.97 Å². The predicted octanol–water partition coefficient (Wildman–Crippen LogP) is 7.10. The third-order valence-corrected chi connectivity index (χ3v) is 7.40. The number of pyridine rings is 1. The summed E-state index contributed by atoms with van der Waals surface area (Å²) < 4.78 is 1.19. The van der Waals surface area contributed by atoms with Crippen LogP contribution < -0.4 is 4.90 Å². The molecule has 0 N–H and O–H groups in total. The summed E-state index contributed by atoms with van der Waals surface area (Å²) in [6, 6.07) is 15.2. The number of thiophene rings is 1. The lowest BCUT2D eigenvalue weighted by Gasteiger charge is -2.22. The normalized spacial score (nSPS) is 15.2. The zero-order valence-corrected chi connectivity index (χ0v) is 20.0. The molecule has 4 aromatic rings. The van der Waals surface area contributed by atoms with E-state index in [0.29, 0.717) is 0 Å². The SMILES string of the molecule is CC(C)(C)c1ccc(-c2cc3nc(-c4ccncc4)nc(N4CCCCCC4)c3s2)cc1. The van der Waals surface area contributed by atoms with Crippen LogP contribution in [0.15, 0.2) is 54.9 Å². The molecule has 0 atom stereocenters. The average Bonchev–Trinajstić information content (AvgIpc) is 3.05. The van der Waals surface area contributed by atoms with Crippen molar-refractivity contribution in [2.75, 3.05) is 18.0 Å². The Morgan fingerprint density at radius 3 is 2.16 bits per heavy atom. The zero-order chi connectivity index (χ0) is 22.1. The third-order valence-electron chi connectivity index (χ3n) is 6.23. The lowest BCUT2D eigenvalue weighted by atomic mass is 9.86. The van der Waals surface area contributed by atoms with E-state index in [-0.39, 0.29) is 5.41 Å². The van der Waals surface area contributed by atoms with Crippen LogP contribution >= 0.6 is 11.3 Å². The van der Waals surface area contributed by atoms with Gasteiger partial charge in [-0.1, -0.05) is 57.9 Å². The molecule has 0 radical (unpaired) electrons. The number of aromatic nitrogens is 3. The first kappa shape index (κ1) is 21.1. The summed E-state index contributed by atoms with van der Waals surface area (Å²) in [5.74, 6) is 1.87. The number of nitrogens with zero attached hydrogens (tertiary/aromatic N) is 4. The Morgan fingerprint density at radius 2 is 1.50 bits per heavy atom. The molecule has 5 heteroatoms. The number of fused-ring (bicyclic) bond motifs is 1. The fourth-order valence-corrected chi connectivity index (χ4v) is 5.44. The van der Waals surface area contributed by atoms with E-state index >= 15 is 0 Å². The lowest BCUT2D eigenvalue weighted by molar-refractivity contribution is 0.590. The molecule has 32 heavy (non-hydrogen) atoms. The Balaban J connectivity index is 1.62. The molecular formula is C27H30N4S. The van der Waals surface area contributed by atoms with Gasteiger partial charge in [-0.2, -0.15) is 0 Å². The quantitative estimate of drug-likeness (QED) is 0.339. The first-order chi connectivity index (χ1) is 15.5. The van der Waals surface area contributed by atoms with Crippen molar-refractivity contribution in [2.45, 2.75) is 51.9 Å². The maximum atomic E-state index is 5.09. The van der Waals surface area contributed by atoms with Gasteiger partial charge in [-0.3, -0.25) is 4.98 Å². The smallest absolute Gasteiger partial charge is 0.162 e. The number of hydrogen-bond acceptors (Lipinski definition) is 5. The van der Waals surface area contributed by atoms with Crippen molar-refractivity contribution in [2.24, 2.45) is 0 Å². The molecule has 1 aliphatic rings. The maximum absolute atomic E-state index is 5.09. The van der Waals surface area contributed by atoms with Crippen molar-refractivity contribution >= 4 is 27.4 Å². The molecular weight excluding hydrogens is 412 g/mol. The van der Waals surface area contributed by atoms with Crippen LogP contribution in [0.25, 0.3) is 32.0 Å². The first-order valence-corrected chi connectivity index (χ1v) is 12.4. The van der Waals surface area contributed by atoms with Crippen molar-refractivity contribution in [3.05, 3.63) is 60.4 Å². The number of rotatable bonds is 3. The summed E-state index contributed by atoms with van der Waals surface area (Å²) in [5.41, 5.74) is 4.80. The summed E-state index contributed by atoms with van der Waals surface area (Å²) in [6.45, 7) is 8.90. The van der Waals surface area contributed by atoms with E-state index < -0.39 is 0 Å². The largest absolute Gasteiger partial charge is 0.355 e. The van der Waals surface area contributed by atoms with Crippen molar-refractivity contribution in [1.82, 2.24) is 15.0 Å². The highest BCUT2D eigenvalue weighted by Gasteiger charge is 2.20. The van der Waals surface area contributed by atoms with Crippen molar-refractivity contribution in [3.8, 4) is 21.8 Å². The molecule has 1 saturated heterocycles. The molecule has 164 valence electrons. The second-order valence-corrected chi connectivity index (χ2v) is 10.7. The fraction of sp³-hybridized carbons (Fsp3) is 0.370. The Labute approximate surface area is 194 Å². The molecule has 0 spiro atoms. The van der Waals surface area contributed by atoms with Crippen LogP contribution in [0.4, 0.5) is 5.82 Å². The van der Waals surface area contributed by atoms with E-state index in [2.05, 4.69) is 61.0 Å². The molecule has 4 nitrogen and oxygen atoms in total. The van der Waals surface area contributed by atoms with Gasteiger partial charge in [-0.05, 0) is 47.6 Å². The van der Waals surface area contributed by atoms with Gasteiger partial charge in [0.2, 0.25) is 0 Å². The van der Waals surface area contributed by atoms with Gasteiger partial charge < -0.3 is 4.90 Å². The average molecular weight is 443 g/mol. The van der Waals surface area contributed by atoms with Crippen LogP contribution in [-0.2, 0) is 5.41 Å². The van der Waals surface area contributed by atoms with Crippen LogP contribution in [0.3, 0.4) is 0 Å². The zero-order valence-electron chi connectivity index (χ0n) is 19.1. The van der Waals surface area contributed by atoms with Crippen LogP contribution in [0.5, 0.6) is 0 Å². The molecule has 1 fully saturated rings. The van der Waals surface area contributed by atoms with Crippen LogP contribution in [-0.4, -0.2) is 28.0 Å². The summed E-state index contributed by atoms with van der Waals surface area (Å²) in [4.78, 5) is 17.9. The third kappa shape index (κ3) is 4.26. The number of anilines is 1. The van der Waals surface area contributed by atoms with E-state index in [9.17, 15) is 0 Å². The van der Waals surface area contributed by atoms with Crippen LogP contribution in [0.2, 0.25) is 0 Å². The van der Waals surface area contributed by atoms with E-state index in [1.165, 1.54) is 46.4 Å². The Bertz CT molecular complexity index is 1200. The minimum atomic E-state index is 0.156. The second-order valence-electron chi connectivity index (χ2n) is 9.66. The molecule has 0 aliphatic carbocycles. The Morgan fingerprint density at radius 1 is 0.812 bits per heavy atom. The summed E-state index contributed by atoms with van der Waals surface area (Å²) in [5, 5.41) is 0. The van der Waals surface area contributed by atoms with Crippen LogP contribution in [0.1, 0.15) is 52.0 Å². The second kappa shape index (κ2) is 8.62. The van der Waals surface area contributed by atoms with Crippen molar-refractivity contribution in [1.29, 1.82) is 0 Å². The molecule has 0 unspecified atom stereocenters. The molecule has 4 heterocycles. The molecule has 3 aromatic heterocycles. The van der Waals surface area contributed by atoms with Gasteiger partial charge in [0.1, 0.15) is 0 Å². The minimum absolute atomic E-state index is 0.156. The highest BCUT2D eigenvalue weighted by molar-refractivity contribution is 7.22. The molecule has 0 saturated carbocycles. The topological polar surface area (TPSA) is 41.9 Å². The summed E-state index contributed by atoms with van der Waals surface area (Å²) >= 11 is 1.82. The first-order valence-electron chi connectivity index (χ1n) is 11.6. The van der Waals surface area contributed by atoms with Crippen molar-refractivity contribution < 1.29 is 0 Å². The highest BCUT2D eigenvalue weighted by Crippen LogP contribution is 2.39. The monoisotopic (exact) mass is 442 g/mol. The van der Waals surface area contributed by atoms with Gasteiger partial charge in [0.25, 0.3) is 0 Å². The van der Waals surface area contributed by atoms with E-state index in [4.69, 9.17) is 9.97 Å². The Hall–Kier alpha value is -2.79. The van der Waals surface area contributed by atoms with E-state index in [1.54, 1.807) is 0 Å². The summed E-state index contributed by atoms with van der Waals surface area (Å²) in [6.07, 6.45) is 8.68. The van der Waals surface area contributed by atoms with Crippen molar-refractivity contribution in [3.63, 3.8) is 0 Å². The molecule has 1 aliphatic heterocycles.